The molecule has 0 aliphatic rings. The molecule has 114 valence electrons. The molecular weight excluding hydrogens is 322 g/mol. The molecule has 0 saturated carbocycles. The maximum absolute atomic E-state index is 9.31. The highest BCUT2D eigenvalue weighted by atomic mass is 79.9. The van der Waals surface area contributed by atoms with E-state index >= 15 is 0 Å². The van der Waals surface area contributed by atoms with Gasteiger partial charge in [-0.05, 0) is 39.8 Å². The van der Waals surface area contributed by atoms with Gasteiger partial charge in [0.15, 0.2) is 11.5 Å². The summed E-state index contributed by atoms with van der Waals surface area (Å²) in [4.78, 5) is 0. The number of methoxy groups -OCH3 is 1. The van der Waals surface area contributed by atoms with E-state index in [-0.39, 0.29) is 18.2 Å². The Kier molecular flexibility index (Phi) is 6.30. The van der Waals surface area contributed by atoms with E-state index in [9.17, 15) is 5.11 Å². The molecule has 0 saturated heterocycles. The molecule has 0 heterocycles. The zero-order valence-corrected chi connectivity index (χ0v) is 14.4. The van der Waals surface area contributed by atoms with E-state index in [1.54, 1.807) is 7.11 Å². The van der Waals surface area contributed by atoms with Gasteiger partial charge in [-0.2, -0.15) is 0 Å². The zero-order valence-electron chi connectivity index (χ0n) is 12.8. The van der Waals surface area contributed by atoms with Gasteiger partial charge in [0, 0.05) is 22.1 Å². The maximum Gasteiger partial charge on any atom is 0.166 e. The lowest BCUT2D eigenvalue weighted by Gasteiger charge is -2.25. The molecule has 0 spiro atoms. The molecule has 0 aliphatic carbocycles. The monoisotopic (exact) mass is 345 g/mol. The number of halogens is 1. The van der Waals surface area contributed by atoms with Gasteiger partial charge in [-0.25, -0.2) is 0 Å². The van der Waals surface area contributed by atoms with Gasteiger partial charge >= 0.3 is 0 Å². The van der Waals surface area contributed by atoms with Crippen LogP contribution in [0.5, 0.6) is 11.5 Å². The minimum Gasteiger partial charge on any atom is -0.493 e. The van der Waals surface area contributed by atoms with Gasteiger partial charge in [0.05, 0.1) is 19.8 Å². The van der Waals surface area contributed by atoms with Crippen LogP contribution in [-0.2, 0) is 6.54 Å². The Morgan fingerprint density at radius 2 is 2.00 bits per heavy atom. The summed E-state index contributed by atoms with van der Waals surface area (Å²) < 4.78 is 12.2. The third-order valence-electron chi connectivity index (χ3n) is 2.82. The summed E-state index contributed by atoms with van der Waals surface area (Å²) >= 11 is 3.48. The molecule has 1 aromatic rings. The van der Waals surface area contributed by atoms with Crippen LogP contribution >= 0.6 is 15.9 Å². The fourth-order valence-electron chi connectivity index (χ4n) is 1.67. The van der Waals surface area contributed by atoms with E-state index in [0.717, 1.165) is 15.8 Å². The molecule has 0 bridgehead atoms. The molecule has 0 atom stereocenters. The molecular formula is C15H24BrNO3. The predicted octanol–water partition coefficient (Wildman–Crippen LogP) is 3.11. The molecule has 0 radical (unpaired) electrons. The Morgan fingerprint density at radius 3 is 2.50 bits per heavy atom. The minimum absolute atomic E-state index is 0.0645. The molecule has 1 rings (SSSR count). The van der Waals surface area contributed by atoms with E-state index in [1.165, 1.54) is 0 Å². The van der Waals surface area contributed by atoms with Gasteiger partial charge in [0.2, 0.25) is 0 Å². The highest BCUT2D eigenvalue weighted by Gasteiger charge is 2.19. The number of nitrogens with one attached hydrogen (secondary N) is 1. The van der Waals surface area contributed by atoms with Crippen molar-refractivity contribution >= 4 is 15.9 Å². The Hall–Kier alpha value is -0.780. The Labute approximate surface area is 129 Å². The summed E-state index contributed by atoms with van der Waals surface area (Å²) in [5.41, 5.74) is 0.649. The van der Waals surface area contributed by atoms with E-state index in [4.69, 9.17) is 9.47 Å². The van der Waals surface area contributed by atoms with Gasteiger partial charge in [-0.1, -0.05) is 15.9 Å². The number of benzene rings is 1. The molecule has 0 aliphatic heterocycles. The Bertz CT molecular complexity index is 447. The Morgan fingerprint density at radius 1 is 1.35 bits per heavy atom. The molecule has 0 fully saturated rings. The molecule has 0 unspecified atom stereocenters. The first-order valence-electron chi connectivity index (χ1n) is 6.68. The van der Waals surface area contributed by atoms with Crippen molar-refractivity contribution in [2.24, 2.45) is 0 Å². The van der Waals surface area contributed by atoms with Crippen molar-refractivity contribution in [3.63, 3.8) is 0 Å². The first-order valence-corrected chi connectivity index (χ1v) is 7.47. The van der Waals surface area contributed by atoms with E-state index < -0.39 is 0 Å². The lowest BCUT2D eigenvalue weighted by atomic mass is 10.1. The fraction of sp³-hybridized carbons (Fsp3) is 0.600. The van der Waals surface area contributed by atoms with E-state index in [0.29, 0.717) is 12.3 Å². The third kappa shape index (κ3) is 4.96. The summed E-state index contributed by atoms with van der Waals surface area (Å²) in [7, 11) is 1.63. The van der Waals surface area contributed by atoms with Crippen LogP contribution < -0.4 is 14.8 Å². The molecule has 0 amide bonds. The first-order chi connectivity index (χ1) is 9.29. The van der Waals surface area contributed by atoms with Gasteiger partial charge in [-0.3, -0.25) is 0 Å². The van der Waals surface area contributed by atoms with Crippen molar-refractivity contribution in [3.05, 3.63) is 22.2 Å². The highest BCUT2D eigenvalue weighted by molar-refractivity contribution is 9.10. The summed E-state index contributed by atoms with van der Waals surface area (Å²) in [5, 5.41) is 12.6. The normalized spacial score (nSPS) is 11.8. The third-order valence-corrected chi connectivity index (χ3v) is 3.28. The lowest BCUT2D eigenvalue weighted by molar-refractivity contribution is 0.185. The van der Waals surface area contributed by atoms with Crippen molar-refractivity contribution in [3.8, 4) is 11.5 Å². The van der Waals surface area contributed by atoms with Crippen molar-refractivity contribution < 1.29 is 14.6 Å². The van der Waals surface area contributed by atoms with Crippen LogP contribution in [0, 0.1) is 0 Å². The fourth-order valence-corrected chi connectivity index (χ4v) is 2.15. The van der Waals surface area contributed by atoms with E-state index in [1.807, 2.05) is 39.8 Å². The van der Waals surface area contributed by atoms with Crippen molar-refractivity contribution in [2.45, 2.75) is 45.9 Å². The number of hydrogen-bond donors (Lipinski definition) is 2. The summed E-state index contributed by atoms with van der Waals surface area (Å²) in [6.45, 7) is 8.52. The second-order valence-corrected chi connectivity index (χ2v) is 6.57. The number of aliphatic hydroxyl groups is 1. The van der Waals surface area contributed by atoms with Crippen LogP contribution in [0.2, 0.25) is 0 Å². The molecule has 20 heavy (non-hydrogen) atoms. The molecule has 1 aromatic carbocycles. The summed E-state index contributed by atoms with van der Waals surface area (Å²) in [5.74, 6) is 1.44. The SMILES string of the molecule is COc1cc(Br)cc(CNC(C)(C)CO)c1OC(C)C. The molecule has 0 aromatic heterocycles. The summed E-state index contributed by atoms with van der Waals surface area (Å²) in [6, 6.07) is 3.89. The lowest BCUT2D eigenvalue weighted by Crippen LogP contribution is -2.42. The van der Waals surface area contributed by atoms with Crippen molar-refractivity contribution in [1.82, 2.24) is 5.32 Å². The van der Waals surface area contributed by atoms with Crippen LogP contribution in [0.3, 0.4) is 0 Å². The number of hydrogen-bond acceptors (Lipinski definition) is 4. The van der Waals surface area contributed by atoms with Crippen LogP contribution in [0.25, 0.3) is 0 Å². The molecule has 4 nitrogen and oxygen atoms in total. The van der Waals surface area contributed by atoms with Gasteiger partial charge in [-0.15, -0.1) is 0 Å². The van der Waals surface area contributed by atoms with Gasteiger partial charge in [0.25, 0.3) is 0 Å². The van der Waals surface area contributed by atoms with Gasteiger partial charge in [0.1, 0.15) is 0 Å². The zero-order chi connectivity index (χ0) is 15.3. The van der Waals surface area contributed by atoms with E-state index in [2.05, 4.69) is 21.2 Å². The second-order valence-electron chi connectivity index (χ2n) is 5.66. The first kappa shape index (κ1) is 17.3. The van der Waals surface area contributed by atoms with Gasteiger partial charge < -0.3 is 19.9 Å². The second kappa shape index (κ2) is 7.29. The topological polar surface area (TPSA) is 50.7 Å². The number of ether oxygens (including phenoxy) is 2. The molecule has 2 N–H and O–H groups in total. The smallest absolute Gasteiger partial charge is 0.166 e. The van der Waals surface area contributed by atoms with Crippen LogP contribution in [0.4, 0.5) is 0 Å². The number of rotatable bonds is 7. The minimum atomic E-state index is -0.343. The van der Waals surface area contributed by atoms with Crippen LogP contribution in [0.15, 0.2) is 16.6 Å². The van der Waals surface area contributed by atoms with Crippen molar-refractivity contribution in [2.75, 3.05) is 13.7 Å². The summed E-state index contributed by atoms with van der Waals surface area (Å²) in [6.07, 6.45) is 0.0645. The average Bonchev–Trinajstić information content (AvgIpc) is 2.38. The number of aliphatic hydroxyl groups excluding tert-OH is 1. The van der Waals surface area contributed by atoms with Crippen LogP contribution in [0.1, 0.15) is 33.3 Å². The molecule has 5 heteroatoms. The highest BCUT2D eigenvalue weighted by Crippen LogP contribution is 2.35. The maximum atomic E-state index is 9.31. The van der Waals surface area contributed by atoms with Crippen molar-refractivity contribution in [1.29, 1.82) is 0 Å². The standard InChI is InChI=1S/C15H24BrNO3/c1-10(2)20-14-11(8-17-15(3,4)9-18)6-12(16)7-13(14)19-5/h6-7,10,17-18H,8-9H2,1-5H3. The predicted molar refractivity (Wildman–Crippen MR) is 84.5 cm³/mol. The Balaban J connectivity index is 3.06. The van der Waals surface area contributed by atoms with Crippen LogP contribution in [-0.4, -0.2) is 30.5 Å². The quantitative estimate of drug-likeness (QED) is 0.797. The largest absolute Gasteiger partial charge is 0.493 e. The average molecular weight is 346 g/mol.